The van der Waals surface area contributed by atoms with Crippen molar-refractivity contribution in [3.05, 3.63) is 30.3 Å². The fourth-order valence-corrected chi connectivity index (χ4v) is 1.00. The van der Waals surface area contributed by atoms with Gasteiger partial charge in [0.2, 0.25) is 0 Å². The molecular weight excluding hydrogens is 176 g/mol. The monoisotopic (exact) mass is 188 g/mol. The molecule has 0 aromatic heterocycles. The molecule has 14 heavy (non-hydrogen) atoms. The van der Waals surface area contributed by atoms with Gasteiger partial charge in [0, 0.05) is 6.42 Å². The quantitative estimate of drug-likeness (QED) is 0.661. The molecule has 0 saturated heterocycles. The normalized spacial score (nSPS) is 9.07. The van der Waals surface area contributed by atoms with E-state index in [-0.39, 0.29) is 12.2 Å². The number of rotatable bonds is 5. The maximum Gasteiger partial charge on any atom is 0.148 e. The molecule has 0 unspecified atom stereocenters. The van der Waals surface area contributed by atoms with Crippen molar-refractivity contribution in [1.29, 1.82) is 0 Å². The van der Waals surface area contributed by atoms with E-state index >= 15 is 0 Å². The van der Waals surface area contributed by atoms with E-state index in [0.717, 1.165) is 5.75 Å². The summed E-state index contributed by atoms with van der Waals surface area (Å²) in [5.41, 5.74) is 0. The van der Waals surface area contributed by atoms with Crippen LogP contribution in [0.15, 0.2) is 30.3 Å². The number of ketones is 1. The summed E-state index contributed by atoms with van der Waals surface area (Å²) < 4.78 is 5.33. The third kappa shape index (κ3) is 3.77. The van der Waals surface area contributed by atoms with Crippen LogP contribution >= 0.6 is 0 Å². The summed E-state index contributed by atoms with van der Waals surface area (Å²) in [7, 11) is 0. The van der Waals surface area contributed by atoms with Crippen LogP contribution in [0.1, 0.15) is 12.8 Å². The fourth-order valence-electron chi connectivity index (χ4n) is 1.00. The van der Waals surface area contributed by atoms with Crippen molar-refractivity contribution in [2.24, 2.45) is 0 Å². The molecule has 1 aromatic rings. The van der Waals surface area contributed by atoms with Crippen LogP contribution in [0.5, 0.6) is 5.75 Å². The molecule has 0 heterocycles. The van der Waals surface area contributed by atoms with Crippen molar-refractivity contribution in [2.75, 3.05) is 6.61 Å². The summed E-state index contributed by atoms with van der Waals surface area (Å²) in [4.78, 5) is 11.0. The second kappa shape index (κ2) is 5.82. The molecule has 1 aromatic carbocycles. The molecule has 2 heteroatoms. The summed E-state index contributed by atoms with van der Waals surface area (Å²) in [6.45, 7) is 0.393. The van der Waals surface area contributed by atoms with Gasteiger partial charge in [0.1, 0.15) is 11.5 Å². The van der Waals surface area contributed by atoms with Crippen LogP contribution in [0.4, 0.5) is 0 Å². The van der Waals surface area contributed by atoms with Crippen molar-refractivity contribution < 1.29 is 9.53 Å². The topological polar surface area (TPSA) is 26.3 Å². The van der Waals surface area contributed by atoms with Gasteiger partial charge in [-0.15, -0.1) is 6.42 Å². The van der Waals surface area contributed by atoms with Crippen molar-refractivity contribution in [3.63, 3.8) is 0 Å². The molecule has 0 atom stereocenters. The van der Waals surface area contributed by atoms with Gasteiger partial charge in [-0.25, -0.2) is 0 Å². The molecular formula is C12H12O2. The SMILES string of the molecule is C#CCC(=O)CCOc1ccccc1. The minimum absolute atomic E-state index is 0.0448. The van der Waals surface area contributed by atoms with E-state index in [4.69, 9.17) is 11.2 Å². The smallest absolute Gasteiger partial charge is 0.148 e. The largest absolute Gasteiger partial charge is 0.493 e. The van der Waals surface area contributed by atoms with Crippen molar-refractivity contribution in [2.45, 2.75) is 12.8 Å². The average molecular weight is 188 g/mol. The number of hydrogen-bond donors (Lipinski definition) is 0. The van der Waals surface area contributed by atoms with Gasteiger partial charge in [-0.1, -0.05) is 24.1 Å². The highest BCUT2D eigenvalue weighted by Gasteiger charge is 1.99. The van der Waals surface area contributed by atoms with Crippen LogP contribution < -0.4 is 4.74 Å². The lowest BCUT2D eigenvalue weighted by molar-refractivity contribution is -0.118. The number of Topliss-reactive ketones (excluding diaryl/α,β-unsaturated/α-hetero) is 1. The first kappa shape index (κ1) is 10.3. The number of carbonyl (C=O) groups excluding carboxylic acids is 1. The first-order valence-corrected chi connectivity index (χ1v) is 4.46. The molecule has 0 spiro atoms. The molecule has 0 radical (unpaired) electrons. The summed E-state index contributed by atoms with van der Waals surface area (Å²) >= 11 is 0. The van der Waals surface area contributed by atoms with Gasteiger partial charge in [-0.05, 0) is 12.1 Å². The molecule has 0 aliphatic heterocycles. The van der Waals surface area contributed by atoms with Gasteiger partial charge in [0.25, 0.3) is 0 Å². The minimum Gasteiger partial charge on any atom is -0.493 e. The van der Waals surface area contributed by atoms with E-state index < -0.39 is 0 Å². The van der Waals surface area contributed by atoms with Crippen molar-refractivity contribution in [3.8, 4) is 18.1 Å². The van der Waals surface area contributed by atoms with Gasteiger partial charge < -0.3 is 4.74 Å². The number of hydrogen-bond acceptors (Lipinski definition) is 2. The number of para-hydroxylation sites is 1. The zero-order chi connectivity index (χ0) is 10.2. The minimum atomic E-state index is 0.0448. The Morgan fingerprint density at radius 1 is 1.36 bits per heavy atom. The summed E-state index contributed by atoms with van der Waals surface area (Å²) in [5, 5.41) is 0. The molecule has 1 rings (SSSR count). The van der Waals surface area contributed by atoms with E-state index in [1.807, 2.05) is 30.3 Å². The average Bonchev–Trinajstić information content (AvgIpc) is 2.20. The third-order valence-electron chi connectivity index (χ3n) is 1.69. The lowest BCUT2D eigenvalue weighted by atomic mass is 10.2. The Morgan fingerprint density at radius 2 is 2.07 bits per heavy atom. The molecule has 0 bridgehead atoms. The van der Waals surface area contributed by atoms with Gasteiger partial charge >= 0.3 is 0 Å². The predicted molar refractivity (Wildman–Crippen MR) is 55.0 cm³/mol. The summed E-state index contributed by atoms with van der Waals surface area (Å²) in [6.07, 6.45) is 5.57. The highest BCUT2D eigenvalue weighted by atomic mass is 16.5. The Labute approximate surface area is 83.9 Å². The third-order valence-corrected chi connectivity index (χ3v) is 1.69. The van der Waals surface area contributed by atoms with Crippen LogP contribution in [0.2, 0.25) is 0 Å². The Hall–Kier alpha value is -1.75. The molecule has 0 aliphatic carbocycles. The summed E-state index contributed by atoms with van der Waals surface area (Å²) in [5.74, 6) is 3.13. The van der Waals surface area contributed by atoms with E-state index in [9.17, 15) is 4.79 Å². The van der Waals surface area contributed by atoms with E-state index in [1.54, 1.807) is 0 Å². The number of benzene rings is 1. The number of carbonyl (C=O) groups is 1. The van der Waals surface area contributed by atoms with Crippen LogP contribution in [-0.4, -0.2) is 12.4 Å². The Bertz CT molecular complexity index is 322. The molecule has 0 saturated carbocycles. The van der Waals surface area contributed by atoms with Gasteiger partial charge in [-0.2, -0.15) is 0 Å². The molecule has 0 amide bonds. The highest BCUT2D eigenvalue weighted by Crippen LogP contribution is 2.08. The van der Waals surface area contributed by atoms with E-state index in [1.165, 1.54) is 0 Å². The fraction of sp³-hybridized carbons (Fsp3) is 0.250. The predicted octanol–water partition coefficient (Wildman–Crippen LogP) is 2.05. The number of ether oxygens (including phenoxy) is 1. The number of terminal acetylenes is 1. The molecule has 0 N–H and O–H groups in total. The van der Waals surface area contributed by atoms with Gasteiger partial charge in [0.05, 0.1) is 13.0 Å². The van der Waals surface area contributed by atoms with Crippen molar-refractivity contribution in [1.82, 2.24) is 0 Å². The van der Waals surface area contributed by atoms with Crippen LogP contribution in [0.25, 0.3) is 0 Å². The van der Waals surface area contributed by atoms with E-state index in [2.05, 4.69) is 5.92 Å². The molecule has 2 nitrogen and oxygen atoms in total. The molecule has 72 valence electrons. The molecule has 0 fully saturated rings. The lowest BCUT2D eigenvalue weighted by Crippen LogP contribution is -2.05. The second-order valence-electron chi connectivity index (χ2n) is 2.83. The van der Waals surface area contributed by atoms with Crippen LogP contribution in [0.3, 0.4) is 0 Å². The maximum atomic E-state index is 11.0. The Kier molecular flexibility index (Phi) is 4.30. The van der Waals surface area contributed by atoms with Gasteiger partial charge in [0.15, 0.2) is 0 Å². The van der Waals surface area contributed by atoms with Crippen LogP contribution in [-0.2, 0) is 4.79 Å². The van der Waals surface area contributed by atoms with E-state index in [0.29, 0.717) is 13.0 Å². The summed E-state index contributed by atoms with van der Waals surface area (Å²) in [6, 6.07) is 9.39. The lowest BCUT2D eigenvalue weighted by Gasteiger charge is -2.03. The van der Waals surface area contributed by atoms with Crippen LogP contribution in [0, 0.1) is 12.3 Å². The Morgan fingerprint density at radius 3 is 2.71 bits per heavy atom. The highest BCUT2D eigenvalue weighted by molar-refractivity contribution is 5.80. The zero-order valence-corrected chi connectivity index (χ0v) is 7.90. The standard InChI is InChI=1S/C12H12O2/c1-2-6-11(13)9-10-14-12-7-4-3-5-8-12/h1,3-5,7-8H,6,9-10H2. The van der Waals surface area contributed by atoms with Crippen molar-refractivity contribution >= 4 is 5.78 Å². The molecule has 0 aliphatic rings. The second-order valence-corrected chi connectivity index (χ2v) is 2.83. The maximum absolute atomic E-state index is 11.0. The van der Waals surface area contributed by atoms with Gasteiger partial charge in [-0.3, -0.25) is 4.79 Å². The first-order valence-electron chi connectivity index (χ1n) is 4.46. The zero-order valence-electron chi connectivity index (χ0n) is 7.90. The first-order chi connectivity index (χ1) is 6.83. The Balaban J connectivity index is 2.23.